The predicted molar refractivity (Wildman–Crippen MR) is 591 cm³/mol. The number of carbonyl (C=O) groups is 1. The number of Topliss-reactive ketones (excluding diaryl/α,β-unsaturated/α-hetero) is 1. The Hall–Kier alpha value is -11.4. The van der Waals surface area contributed by atoms with Crippen molar-refractivity contribution in [2.75, 3.05) is 252 Å². The fraction of sp³-hybridized carbons (Fsp3) is 0.467. The number of aliphatic hydroxyl groups is 3. The van der Waals surface area contributed by atoms with Crippen LogP contribution in [0.25, 0.3) is 54.5 Å². The second-order valence-corrected chi connectivity index (χ2v) is 46.4. The number of rotatable bonds is 22. The molecule has 0 bridgehead atoms. The van der Waals surface area contributed by atoms with E-state index >= 15 is 0 Å². The molecule has 42 heteroatoms. The number of morpholine rings is 5. The van der Waals surface area contributed by atoms with E-state index in [-0.39, 0.29) is 40.5 Å². The summed E-state index contributed by atoms with van der Waals surface area (Å²) in [5, 5.41) is 47.7. The molecule has 15 aromatic rings. The SMILES string of the molecule is O=C(CC1CCCN(c2nc(Cl)nc3cc(N4CCOCC4)ccc23)C1)c1cncs1.O=S(=O)(CC1CCCN(c2ncnc3cc(N4CCOCC4)ccc23)C1)c1cccs1.O[C@@H](c1nccs1)C1CCCN(c2ncnc3cc(N4CCOCC4)ccc23)C1.O[C@H](c1nccs1)C1CCCN(c2ncnc3cc(N4CCOCC4)ccc23)C1.O[C@H](c1nccs1)[C@H]1CCCN(c2ncnc3cc(N4CCOCC4)ccc23)C1. The normalized spacial score (nSPS) is 20.9. The number of benzene rings is 5. The molecule has 0 radical (unpaired) electrons. The summed E-state index contributed by atoms with van der Waals surface area (Å²) in [5.41, 5.74) is 12.2. The molecule has 5 aromatic carbocycles. The largest absolute Gasteiger partial charge is 0.386 e. The van der Waals surface area contributed by atoms with Crippen LogP contribution in [0.3, 0.4) is 0 Å². The number of sulfone groups is 1. The number of hydrogen-bond donors (Lipinski definition) is 3. The van der Waals surface area contributed by atoms with Crippen molar-refractivity contribution in [2.24, 2.45) is 29.6 Å². The lowest BCUT2D eigenvalue weighted by Crippen LogP contribution is -2.38. The number of hydrogen-bond acceptors (Lipinski definition) is 40. The van der Waals surface area contributed by atoms with Gasteiger partial charge in [-0.3, -0.25) is 9.78 Å². The van der Waals surface area contributed by atoms with Crippen molar-refractivity contribution in [1.82, 2.24) is 69.8 Å². The Morgan fingerprint density at radius 3 is 1.02 bits per heavy atom. The van der Waals surface area contributed by atoms with Crippen LogP contribution in [0.2, 0.25) is 5.28 Å². The number of anilines is 10. The quantitative estimate of drug-likeness (QED) is 0.0419. The lowest BCUT2D eigenvalue weighted by Gasteiger charge is -2.35. The number of thiazole rings is 4. The van der Waals surface area contributed by atoms with Crippen molar-refractivity contribution in [3.05, 3.63) is 205 Å². The molecule has 0 aliphatic carbocycles. The second kappa shape index (κ2) is 49.4. The Bertz CT molecular complexity index is 6650. The van der Waals surface area contributed by atoms with Gasteiger partial charge in [-0.2, -0.15) is 4.98 Å². The Kier molecular flexibility index (Phi) is 34.2. The highest BCUT2D eigenvalue weighted by Crippen LogP contribution is 2.43. The van der Waals surface area contributed by atoms with E-state index in [1.807, 2.05) is 21.5 Å². The topological polar surface area (TPSA) is 371 Å². The Morgan fingerprint density at radius 1 is 0.356 bits per heavy atom. The third kappa shape index (κ3) is 25.2. The number of aromatic nitrogens is 14. The third-order valence-electron chi connectivity index (χ3n) is 29.7. The molecule has 35 nitrogen and oxygen atoms in total. The van der Waals surface area contributed by atoms with Crippen molar-refractivity contribution < 1.29 is 52.2 Å². The lowest BCUT2D eigenvalue weighted by atomic mass is 9.92. The van der Waals surface area contributed by atoms with E-state index in [4.69, 9.17) is 35.3 Å². The van der Waals surface area contributed by atoms with Crippen LogP contribution >= 0.6 is 68.3 Å². The van der Waals surface area contributed by atoms with Crippen molar-refractivity contribution in [1.29, 1.82) is 0 Å². The van der Waals surface area contributed by atoms with E-state index in [0.29, 0.717) is 23.1 Å². The van der Waals surface area contributed by atoms with Crippen LogP contribution in [0.15, 0.2) is 184 Å². The minimum atomic E-state index is -3.24. The molecule has 10 aromatic heterocycles. The van der Waals surface area contributed by atoms with E-state index in [0.717, 1.165) is 370 Å². The number of halogens is 1. The van der Waals surface area contributed by atoms with Gasteiger partial charge in [0, 0.05) is 251 Å². The van der Waals surface area contributed by atoms with E-state index in [2.05, 4.69) is 210 Å². The highest BCUT2D eigenvalue weighted by atomic mass is 35.5. The minimum Gasteiger partial charge on any atom is -0.386 e. The summed E-state index contributed by atoms with van der Waals surface area (Å²) in [6.45, 7) is 25.0. The van der Waals surface area contributed by atoms with Crippen molar-refractivity contribution in [3.8, 4) is 0 Å². The van der Waals surface area contributed by atoms with Gasteiger partial charge in [0.05, 0.1) is 110 Å². The van der Waals surface area contributed by atoms with E-state index in [1.165, 1.54) is 73.7 Å². The molecule has 149 heavy (non-hydrogen) atoms. The van der Waals surface area contributed by atoms with Gasteiger partial charge in [-0.25, -0.2) is 68.2 Å². The maximum atomic E-state index is 12.8. The first-order valence-electron chi connectivity index (χ1n) is 51.9. The summed E-state index contributed by atoms with van der Waals surface area (Å²) < 4.78 is 53.3. The number of nitrogens with zero attached hydrogens (tertiary/aromatic N) is 24. The Labute approximate surface area is 891 Å². The monoisotopic (exact) mass is 2150 g/mol. The van der Waals surface area contributed by atoms with E-state index in [9.17, 15) is 28.5 Å². The van der Waals surface area contributed by atoms with Crippen LogP contribution in [-0.4, -0.2) is 302 Å². The molecular weight excluding hydrogens is 2030 g/mol. The average molecular weight is 2150 g/mol. The zero-order valence-electron chi connectivity index (χ0n) is 83.3. The molecule has 0 saturated carbocycles. The van der Waals surface area contributed by atoms with Gasteiger partial charge >= 0.3 is 0 Å². The van der Waals surface area contributed by atoms with Crippen LogP contribution in [0.1, 0.15) is 114 Å². The minimum absolute atomic E-state index is 0.0958. The van der Waals surface area contributed by atoms with Crippen molar-refractivity contribution >= 4 is 196 Å². The maximum Gasteiger partial charge on any atom is 0.224 e. The summed E-state index contributed by atoms with van der Waals surface area (Å²) in [7, 11) is -3.24. The Balaban J connectivity index is 0.000000109. The standard InChI is InChI=1S/C22H24ClN5O2S.C22H26N4O3S2.3C21H25N5O2S/c23-22-25-18-11-16(27-6-8-30-9-7-27)3-4-17(18)21(26-22)28-5-1-2-15(13-28)10-19(29)20-12-24-14-31-20;27-31(28,21-4-2-12-30-21)15-17-3-1-7-26(14-17)22-19-6-5-18(13-20(19)23-16-24-22)25-8-10-29-11-9-25;3*27-19(21-22-5-11-29-21)15-2-1-6-26(13-15)20-17-4-3-16(12-18(17)23-14-24-20)25-7-9-28-10-8-25/h3-4,11-12,14-15H,1-2,5-10,13H2;2,4-6,12-13,16-17H,1,3,7-11,14-15H2;3*3-5,11-12,14-15,19,27H,1-2,6-10,13H2/t;;2*15?,19-;15-,19-/m..100/s1. The average Bonchev–Trinajstić information content (AvgIpc) is 0.924. The van der Waals surface area contributed by atoms with Gasteiger partial charge in [0.15, 0.2) is 15.6 Å². The molecule has 10 aliphatic rings. The smallest absolute Gasteiger partial charge is 0.224 e. The molecule has 3 N–H and O–H groups in total. The fourth-order valence-corrected chi connectivity index (χ4v) is 27.7. The van der Waals surface area contributed by atoms with Crippen LogP contribution in [0.5, 0.6) is 0 Å². The zero-order chi connectivity index (χ0) is 101. The molecule has 0 spiro atoms. The number of fused-ring (bicyclic) bond motifs is 5. The van der Waals surface area contributed by atoms with Crippen LogP contribution < -0.4 is 49.0 Å². The van der Waals surface area contributed by atoms with Gasteiger partial charge in [-0.15, -0.1) is 56.7 Å². The highest BCUT2D eigenvalue weighted by Gasteiger charge is 2.37. The van der Waals surface area contributed by atoms with Crippen molar-refractivity contribution in [3.63, 3.8) is 0 Å². The third-order valence-corrected chi connectivity index (χ3v) is 36.6. The van der Waals surface area contributed by atoms with Gasteiger partial charge in [-0.1, -0.05) is 6.07 Å². The van der Waals surface area contributed by atoms with E-state index in [1.54, 1.807) is 67.7 Å². The van der Waals surface area contributed by atoms with Crippen LogP contribution in [0, 0.1) is 29.6 Å². The van der Waals surface area contributed by atoms with Gasteiger partial charge in [0.1, 0.15) is 91.9 Å². The molecule has 782 valence electrons. The molecule has 10 fully saturated rings. The van der Waals surface area contributed by atoms with Crippen LogP contribution in [0.4, 0.5) is 57.5 Å². The molecule has 10 saturated heterocycles. The number of ether oxygens (including phenoxy) is 5. The van der Waals surface area contributed by atoms with Gasteiger partial charge in [0.25, 0.3) is 0 Å². The summed E-state index contributed by atoms with van der Waals surface area (Å²) >= 11 is 13.6. The molecule has 10 aliphatic heterocycles. The first kappa shape index (κ1) is 103. The summed E-state index contributed by atoms with van der Waals surface area (Å²) in [6.07, 6.45) is 22.6. The highest BCUT2D eigenvalue weighted by molar-refractivity contribution is 7.93. The first-order valence-corrected chi connectivity index (χ1v) is 58.3. The molecule has 0 amide bonds. The number of thiophene rings is 1. The second-order valence-electron chi connectivity index (χ2n) is 39.2. The van der Waals surface area contributed by atoms with Gasteiger partial charge in [0.2, 0.25) is 5.28 Å². The molecule has 20 heterocycles. The molecule has 8 atom stereocenters. The van der Waals surface area contributed by atoms with Gasteiger partial charge < -0.3 is 88.0 Å². The fourth-order valence-electron chi connectivity index (χ4n) is 22.0. The van der Waals surface area contributed by atoms with E-state index < -0.39 is 28.1 Å². The van der Waals surface area contributed by atoms with Gasteiger partial charge in [-0.05, 0) is 190 Å². The summed E-state index contributed by atoms with van der Waals surface area (Å²) in [4.78, 5) is 98.9. The number of carbonyl (C=O) groups excluding carboxylic acids is 1. The van der Waals surface area contributed by atoms with Crippen molar-refractivity contribution in [2.45, 2.75) is 93.2 Å². The zero-order valence-corrected chi connectivity index (χ0v) is 89.0. The maximum absolute atomic E-state index is 12.8. The lowest BCUT2D eigenvalue weighted by molar-refractivity contribution is 0.0958. The summed E-state index contributed by atoms with van der Waals surface area (Å²) in [5.74, 6) is 5.86. The first-order chi connectivity index (χ1) is 73.1. The predicted octanol–water partition coefficient (Wildman–Crippen LogP) is 15.9. The number of piperidine rings is 5. The molecule has 25 rings (SSSR count). The number of ketones is 1. The molecular formula is C107H125ClN24O11S6. The summed E-state index contributed by atoms with van der Waals surface area (Å²) in [6, 6.07) is 35.5. The molecule has 4 unspecified atom stereocenters. The van der Waals surface area contributed by atoms with Crippen LogP contribution in [-0.2, 0) is 33.5 Å². The Morgan fingerprint density at radius 2 is 0.685 bits per heavy atom. The number of aliphatic hydroxyl groups excluding tert-OH is 3.